The lowest BCUT2D eigenvalue weighted by Crippen LogP contribution is -2.02. The molecule has 0 amide bonds. The van der Waals surface area contributed by atoms with Crippen LogP contribution in [0.5, 0.6) is 0 Å². The number of aliphatic hydroxyl groups is 1. The Morgan fingerprint density at radius 1 is 1.57 bits per heavy atom. The third kappa shape index (κ3) is 2.19. The van der Waals surface area contributed by atoms with Crippen LogP contribution in [0.4, 0.5) is 8.78 Å². The second-order valence-electron chi connectivity index (χ2n) is 2.87. The summed E-state index contributed by atoms with van der Waals surface area (Å²) in [6, 6.07) is 1.20. The van der Waals surface area contributed by atoms with E-state index in [9.17, 15) is 8.78 Å². The predicted molar refractivity (Wildman–Crippen MR) is 49.4 cm³/mol. The van der Waals surface area contributed by atoms with Gasteiger partial charge in [-0.25, -0.2) is 8.78 Å². The lowest BCUT2D eigenvalue weighted by Gasteiger charge is -2.09. The van der Waals surface area contributed by atoms with Gasteiger partial charge in [-0.2, -0.15) is 0 Å². The summed E-state index contributed by atoms with van der Waals surface area (Å²) in [6.07, 6.45) is -2.64. The Morgan fingerprint density at radius 3 is 2.64 bits per heavy atom. The summed E-state index contributed by atoms with van der Waals surface area (Å²) < 4.78 is 24.7. The average Bonchev–Trinajstić information content (AvgIpc) is 2.17. The predicted octanol–water partition coefficient (Wildman–Crippen LogP) is 2.56. The second-order valence-corrected chi connectivity index (χ2v) is 3.14. The zero-order chi connectivity index (χ0) is 10.7. The van der Waals surface area contributed by atoms with Gasteiger partial charge in [-0.05, 0) is 24.1 Å². The van der Waals surface area contributed by atoms with Crippen molar-refractivity contribution in [3.8, 4) is 0 Å². The largest absolute Gasteiger partial charge is 0.392 e. The van der Waals surface area contributed by atoms with Gasteiger partial charge in [-0.1, -0.05) is 0 Å². The van der Waals surface area contributed by atoms with Gasteiger partial charge in [0.1, 0.15) is 5.69 Å². The average molecular weight is 222 g/mol. The number of halogens is 3. The zero-order valence-corrected chi connectivity index (χ0v) is 8.35. The van der Waals surface area contributed by atoms with Crippen molar-refractivity contribution in [3.05, 3.63) is 28.6 Å². The van der Waals surface area contributed by atoms with E-state index in [-0.39, 0.29) is 18.2 Å². The highest BCUT2D eigenvalue weighted by molar-refractivity contribution is 6.17. The van der Waals surface area contributed by atoms with E-state index in [0.717, 1.165) is 0 Å². The van der Waals surface area contributed by atoms with E-state index >= 15 is 0 Å². The van der Waals surface area contributed by atoms with Gasteiger partial charge >= 0.3 is 0 Å². The van der Waals surface area contributed by atoms with E-state index in [1.54, 1.807) is 6.92 Å². The molecule has 0 atom stereocenters. The molecular weight excluding hydrogens is 212 g/mol. The minimum atomic E-state index is -2.64. The number of aliphatic hydroxyl groups excluding tert-OH is 1. The van der Waals surface area contributed by atoms with E-state index in [1.165, 1.54) is 6.07 Å². The smallest absolute Gasteiger partial charge is 0.280 e. The van der Waals surface area contributed by atoms with Crippen LogP contribution in [0, 0.1) is 6.92 Å². The van der Waals surface area contributed by atoms with Gasteiger partial charge in [0.2, 0.25) is 0 Å². The van der Waals surface area contributed by atoms with Crippen LogP contribution in [0.25, 0.3) is 0 Å². The summed E-state index contributed by atoms with van der Waals surface area (Å²) in [4.78, 5) is 3.71. The molecule has 0 aliphatic carbocycles. The molecule has 14 heavy (non-hydrogen) atoms. The number of pyridine rings is 1. The number of hydrogen-bond donors (Lipinski definition) is 1. The van der Waals surface area contributed by atoms with Crippen LogP contribution in [0.1, 0.15) is 28.9 Å². The SMILES string of the molecule is Cc1c(CO)cc(C(F)F)nc1CCl. The molecule has 0 saturated carbocycles. The Morgan fingerprint density at radius 2 is 2.21 bits per heavy atom. The fourth-order valence-corrected chi connectivity index (χ4v) is 1.41. The van der Waals surface area contributed by atoms with E-state index in [2.05, 4.69) is 4.98 Å². The number of nitrogens with zero attached hydrogens (tertiary/aromatic N) is 1. The lowest BCUT2D eigenvalue weighted by atomic mass is 10.1. The number of hydrogen-bond acceptors (Lipinski definition) is 2. The monoisotopic (exact) mass is 221 g/mol. The van der Waals surface area contributed by atoms with Crippen LogP contribution < -0.4 is 0 Å². The van der Waals surface area contributed by atoms with Crippen LogP contribution in [0.3, 0.4) is 0 Å². The first-order chi connectivity index (χ1) is 6.60. The summed E-state index contributed by atoms with van der Waals surface area (Å²) in [7, 11) is 0. The maximum Gasteiger partial charge on any atom is 0.280 e. The molecule has 0 bridgehead atoms. The minimum Gasteiger partial charge on any atom is -0.392 e. The maximum absolute atomic E-state index is 12.3. The van der Waals surface area contributed by atoms with Crippen molar-refractivity contribution in [2.45, 2.75) is 25.8 Å². The van der Waals surface area contributed by atoms with Crippen LogP contribution in [-0.2, 0) is 12.5 Å². The van der Waals surface area contributed by atoms with Gasteiger partial charge in [0, 0.05) is 0 Å². The molecule has 5 heteroatoms. The molecule has 2 nitrogen and oxygen atoms in total. The summed E-state index contributed by atoms with van der Waals surface area (Å²) in [6.45, 7) is 1.42. The standard InChI is InChI=1S/C9H10ClF2NO/c1-5-6(4-14)2-7(9(11)12)13-8(5)3-10/h2,9,14H,3-4H2,1H3. The lowest BCUT2D eigenvalue weighted by molar-refractivity contribution is 0.145. The molecule has 1 aromatic heterocycles. The topological polar surface area (TPSA) is 33.1 Å². The van der Waals surface area contributed by atoms with Crippen molar-refractivity contribution >= 4 is 11.6 Å². The maximum atomic E-state index is 12.3. The highest BCUT2D eigenvalue weighted by atomic mass is 35.5. The Bertz CT molecular complexity index is 306. The summed E-state index contributed by atoms with van der Waals surface area (Å²) in [5.41, 5.74) is 1.18. The molecule has 0 fully saturated rings. The minimum absolute atomic E-state index is 0.0688. The molecule has 0 saturated heterocycles. The van der Waals surface area contributed by atoms with Crippen molar-refractivity contribution in [3.63, 3.8) is 0 Å². The first-order valence-corrected chi connectivity index (χ1v) is 4.57. The Labute approximate surface area is 85.5 Å². The highest BCUT2D eigenvalue weighted by Crippen LogP contribution is 2.22. The molecule has 0 aliphatic rings. The van der Waals surface area contributed by atoms with Crippen molar-refractivity contribution in [1.29, 1.82) is 0 Å². The van der Waals surface area contributed by atoms with Crippen LogP contribution >= 0.6 is 11.6 Å². The van der Waals surface area contributed by atoms with Gasteiger partial charge in [-0.3, -0.25) is 4.98 Å². The molecule has 1 heterocycles. The number of rotatable bonds is 3. The molecule has 0 radical (unpaired) electrons. The van der Waals surface area contributed by atoms with Crippen molar-refractivity contribution in [2.24, 2.45) is 0 Å². The molecule has 1 N–H and O–H groups in total. The molecular formula is C9H10ClF2NO. The summed E-state index contributed by atoms with van der Waals surface area (Å²) in [5.74, 6) is 0.0688. The van der Waals surface area contributed by atoms with Crippen molar-refractivity contribution < 1.29 is 13.9 Å². The van der Waals surface area contributed by atoms with Crippen LogP contribution in [-0.4, -0.2) is 10.1 Å². The molecule has 0 aromatic carbocycles. The van der Waals surface area contributed by atoms with Crippen LogP contribution in [0.2, 0.25) is 0 Å². The molecule has 1 aromatic rings. The van der Waals surface area contributed by atoms with Gasteiger partial charge in [0.05, 0.1) is 18.2 Å². The molecule has 0 aliphatic heterocycles. The summed E-state index contributed by atoms with van der Waals surface area (Å²) in [5, 5.41) is 8.93. The van der Waals surface area contributed by atoms with Gasteiger partial charge in [0.25, 0.3) is 6.43 Å². The fraction of sp³-hybridized carbons (Fsp3) is 0.444. The fourth-order valence-electron chi connectivity index (χ4n) is 1.15. The van der Waals surface area contributed by atoms with E-state index < -0.39 is 6.43 Å². The number of aromatic nitrogens is 1. The van der Waals surface area contributed by atoms with E-state index in [4.69, 9.17) is 16.7 Å². The molecule has 0 unspecified atom stereocenters. The van der Waals surface area contributed by atoms with Gasteiger partial charge in [0.15, 0.2) is 0 Å². The third-order valence-electron chi connectivity index (χ3n) is 2.02. The first-order valence-electron chi connectivity index (χ1n) is 4.04. The van der Waals surface area contributed by atoms with Crippen molar-refractivity contribution in [1.82, 2.24) is 4.98 Å². The van der Waals surface area contributed by atoms with Gasteiger partial charge < -0.3 is 5.11 Å². The molecule has 1 rings (SSSR count). The quantitative estimate of drug-likeness (QED) is 0.796. The second kappa shape index (κ2) is 4.66. The van der Waals surface area contributed by atoms with E-state index in [0.29, 0.717) is 16.8 Å². The Hall–Kier alpha value is -0.740. The summed E-state index contributed by atoms with van der Waals surface area (Å²) >= 11 is 5.55. The normalized spacial score (nSPS) is 11.0. The first kappa shape index (κ1) is 11.3. The Kier molecular flexibility index (Phi) is 3.77. The molecule has 78 valence electrons. The highest BCUT2D eigenvalue weighted by Gasteiger charge is 2.14. The number of alkyl halides is 3. The Balaban J connectivity index is 3.25. The third-order valence-corrected chi connectivity index (χ3v) is 2.27. The van der Waals surface area contributed by atoms with Gasteiger partial charge in [-0.15, -0.1) is 11.6 Å². The van der Waals surface area contributed by atoms with Crippen LogP contribution in [0.15, 0.2) is 6.07 Å². The zero-order valence-electron chi connectivity index (χ0n) is 7.60. The van der Waals surface area contributed by atoms with Crippen molar-refractivity contribution in [2.75, 3.05) is 0 Å². The molecule has 0 spiro atoms. The van der Waals surface area contributed by atoms with E-state index in [1.807, 2.05) is 0 Å².